The molecule has 2 rings (SSSR count). The lowest BCUT2D eigenvalue weighted by molar-refractivity contribution is 0.101. The minimum atomic E-state index is -0.145. The van der Waals surface area contributed by atoms with E-state index in [1.807, 2.05) is 0 Å². The van der Waals surface area contributed by atoms with Crippen LogP contribution in [0.4, 0.5) is 5.69 Å². The minimum Gasteiger partial charge on any atom is -0.458 e. The molecule has 1 aromatic heterocycles. The average molecular weight is 280 g/mol. The molecule has 0 atom stereocenters. The Balaban J connectivity index is 2.38. The molecule has 4 heteroatoms. The van der Waals surface area contributed by atoms with Crippen molar-refractivity contribution in [3.05, 3.63) is 51.9 Å². The van der Waals surface area contributed by atoms with Gasteiger partial charge in [-0.15, -0.1) is 0 Å². The normalized spacial score (nSPS) is 10.4. The number of nitrogen functional groups attached to an aromatic ring is 1. The highest BCUT2D eigenvalue weighted by Gasteiger charge is 2.13. The second kappa shape index (κ2) is 4.14. The Labute approximate surface area is 101 Å². The van der Waals surface area contributed by atoms with Crippen molar-refractivity contribution in [3.63, 3.8) is 0 Å². The minimum absolute atomic E-state index is 0.145. The maximum absolute atomic E-state index is 12.0. The first-order valence-corrected chi connectivity index (χ1v) is 5.53. The summed E-state index contributed by atoms with van der Waals surface area (Å²) < 4.78 is 5.98. The Morgan fingerprint density at radius 2 is 2.06 bits per heavy atom. The zero-order valence-electron chi connectivity index (χ0n) is 8.66. The van der Waals surface area contributed by atoms with E-state index in [4.69, 9.17) is 10.2 Å². The smallest absolute Gasteiger partial charge is 0.228 e. The predicted octanol–water partition coefficient (Wildman–Crippen LogP) is 3.16. The van der Waals surface area contributed by atoms with Gasteiger partial charge < -0.3 is 10.2 Å². The lowest BCUT2D eigenvalue weighted by Crippen LogP contribution is -2.00. The molecule has 0 aliphatic rings. The van der Waals surface area contributed by atoms with E-state index < -0.39 is 0 Å². The molecular formula is C12H10BrNO2. The van der Waals surface area contributed by atoms with E-state index in [9.17, 15) is 4.79 Å². The van der Waals surface area contributed by atoms with Gasteiger partial charge in [-0.2, -0.15) is 0 Å². The van der Waals surface area contributed by atoms with Gasteiger partial charge >= 0.3 is 0 Å². The van der Waals surface area contributed by atoms with E-state index in [0.717, 1.165) is 5.76 Å². The Morgan fingerprint density at radius 3 is 2.62 bits per heavy atom. The highest BCUT2D eigenvalue weighted by atomic mass is 79.9. The molecule has 82 valence electrons. The average Bonchev–Trinajstić information content (AvgIpc) is 2.68. The maximum atomic E-state index is 12.0. The van der Waals surface area contributed by atoms with E-state index >= 15 is 0 Å². The Hall–Kier alpha value is -1.55. The van der Waals surface area contributed by atoms with Gasteiger partial charge in [-0.05, 0) is 53.2 Å². The van der Waals surface area contributed by atoms with Gasteiger partial charge in [-0.1, -0.05) is 0 Å². The van der Waals surface area contributed by atoms with Crippen molar-refractivity contribution in [1.82, 2.24) is 0 Å². The number of aryl methyl sites for hydroxylation is 1. The summed E-state index contributed by atoms with van der Waals surface area (Å²) in [6.07, 6.45) is 0. The lowest BCUT2D eigenvalue weighted by atomic mass is 10.1. The summed E-state index contributed by atoms with van der Waals surface area (Å²) in [5, 5.41) is 0. The summed E-state index contributed by atoms with van der Waals surface area (Å²) in [6, 6.07) is 8.49. The first-order chi connectivity index (χ1) is 7.58. The van der Waals surface area contributed by atoms with Gasteiger partial charge in [0.25, 0.3) is 0 Å². The van der Waals surface area contributed by atoms with Crippen LogP contribution in [0.5, 0.6) is 0 Å². The van der Waals surface area contributed by atoms with E-state index in [2.05, 4.69) is 15.9 Å². The molecule has 3 nitrogen and oxygen atoms in total. The summed E-state index contributed by atoms with van der Waals surface area (Å²) in [5.74, 6) is 0.917. The number of carbonyl (C=O) groups excluding carboxylic acids is 1. The maximum Gasteiger partial charge on any atom is 0.228 e. The Kier molecular flexibility index (Phi) is 2.83. The fourth-order valence-electron chi connectivity index (χ4n) is 1.37. The van der Waals surface area contributed by atoms with Crippen molar-refractivity contribution in [2.45, 2.75) is 6.92 Å². The van der Waals surface area contributed by atoms with Crippen molar-refractivity contribution >= 4 is 27.4 Å². The highest BCUT2D eigenvalue weighted by molar-refractivity contribution is 9.10. The third kappa shape index (κ3) is 2.02. The van der Waals surface area contributed by atoms with E-state index in [1.54, 1.807) is 37.3 Å². The molecule has 0 radical (unpaired) electrons. The first-order valence-electron chi connectivity index (χ1n) is 4.74. The summed E-state index contributed by atoms with van der Waals surface area (Å²) in [7, 11) is 0. The molecule has 2 aromatic rings. The van der Waals surface area contributed by atoms with Crippen molar-refractivity contribution in [3.8, 4) is 0 Å². The molecule has 0 bridgehead atoms. The van der Waals surface area contributed by atoms with E-state index in [1.165, 1.54) is 0 Å². The van der Waals surface area contributed by atoms with Gasteiger partial charge in [0, 0.05) is 15.7 Å². The number of hydrogen-bond acceptors (Lipinski definition) is 3. The van der Waals surface area contributed by atoms with Crippen LogP contribution >= 0.6 is 15.9 Å². The van der Waals surface area contributed by atoms with Crippen LogP contribution in [0.15, 0.2) is 39.2 Å². The molecule has 0 saturated heterocycles. The second-order valence-electron chi connectivity index (χ2n) is 3.48. The van der Waals surface area contributed by atoms with Crippen molar-refractivity contribution in [2.75, 3.05) is 5.73 Å². The fourth-order valence-corrected chi connectivity index (χ4v) is 1.75. The molecular weight excluding hydrogens is 270 g/mol. The van der Waals surface area contributed by atoms with Crippen molar-refractivity contribution in [1.29, 1.82) is 0 Å². The third-order valence-electron chi connectivity index (χ3n) is 2.23. The van der Waals surface area contributed by atoms with Crippen LogP contribution in [0.25, 0.3) is 0 Å². The monoisotopic (exact) mass is 279 g/mol. The number of nitrogens with two attached hydrogens (primary N) is 1. The largest absolute Gasteiger partial charge is 0.458 e. The topological polar surface area (TPSA) is 56.2 Å². The number of furan rings is 1. The number of benzene rings is 1. The molecule has 0 unspecified atom stereocenters. The molecule has 0 saturated carbocycles. The summed E-state index contributed by atoms with van der Waals surface area (Å²) in [5.41, 5.74) is 6.81. The molecule has 1 aromatic carbocycles. The van der Waals surface area contributed by atoms with E-state index in [0.29, 0.717) is 21.5 Å². The summed E-state index contributed by atoms with van der Waals surface area (Å²) in [4.78, 5) is 12.0. The van der Waals surface area contributed by atoms with Crippen molar-refractivity contribution in [2.24, 2.45) is 0 Å². The molecule has 0 aliphatic carbocycles. The highest BCUT2D eigenvalue weighted by Crippen LogP contribution is 2.22. The standard InChI is InChI=1S/C12H10BrNO2/c1-7-2-5-11(16-7)12(15)8-3-4-10(14)9(13)6-8/h2-6H,14H2,1H3. The number of hydrogen-bond donors (Lipinski definition) is 1. The third-order valence-corrected chi connectivity index (χ3v) is 2.91. The lowest BCUT2D eigenvalue weighted by Gasteiger charge is -2.01. The molecule has 0 amide bonds. The fraction of sp³-hybridized carbons (Fsp3) is 0.0833. The van der Waals surface area contributed by atoms with Crippen LogP contribution in [0.3, 0.4) is 0 Å². The molecule has 1 heterocycles. The summed E-state index contributed by atoms with van der Waals surface area (Å²) in [6.45, 7) is 1.80. The predicted molar refractivity (Wildman–Crippen MR) is 65.4 cm³/mol. The van der Waals surface area contributed by atoms with Crippen LogP contribution in [0.1, 0.15) is 21.9 Å². The number of halogens is 1. The van der Waals surface area contributed by atoms with Gasteiger partial charge in [-0.3, -0.25) is 4.79 Å². The number of ketones is 1. The quantitative estimate of drug-likeness (QED) is 0.679. The molecule has 0 aliphatic heterocycles. The van der Waals surface area contributed by atoms with Gasteiger partial charge in [-0.25, -0.2) is 0 Å². The van der Waals surface area contributed by atoms with Crippen molar-refractivity contribution < 1.29 is 9.21 Å². The van der Waals surface area contributed by atoms with Gasteiger partial charge in [0.1, 0.15) is 5.76 Å². The molecule has 0 spiro atoms. The van der Waals surface area contributed by atoms with Crippen LogP contribution in [-0.4, -0.2) is 5.78 Å². The number of carbonyl (C=O) groups is 1. The molecule has 16 heavy (non-hydrogen) atoms. The second-order valence-corrected chi connectivity index (χ2v) is 4.33. The van der Waals surface area contributed by atoms with Gasteiger partial charge in [0.2, 0.25) is 5.78 Å². The van der Waals surface area contributed by atoms with Crippen LogP contribution < -0.4 is 5.73 Å². The van der Waals surface area contributed by atoms with Crippen LogP contribution in [-0.2, 0) is 0 Å². The zero-order valence-corrected chi connectivity index (χ0v) is 10.2. The Bertz CT molecular complexity index is 546. The van der Waals surface area contributed by atoms with E-state index in [-0.39, 0.29) is 5.78 Å². The first kappa shape index (κ1) is 11.0. The zero-order chi connectivity index (χ0) is 11.7. The van der Waals surface area contributed by atoms with Gasteiger partial charge in [0.15, 0.2) is 5.76 Å². The SMILES string of the molecule is Cc1ccc(C(=O)c2ccc(N)c(Br)c2)o1. The summed E-state index contributed by atoms with van der Waals surface area (Å²) >= 11 is 3.28. The Morgan fingerprint density at radius 1 is 1.31 bits per heavy atom. The number of rotatable bonds is 2. The molecule has 0 fully saturated rings. The van der Waals surface area contributed by atoms with Gasteiger partial charge in [0.05, 0.1) is 0 Å². The number of anilines is 1. The van der Waals surface area contributed by atoms with Crippen LogP contribution in [0, 0.1) is 6.92 Å². The van der Waals surface area contributed by atoms with Crippen LogP contribution in [0.2, 0.25) is 0 Å². The molecule has 2 N–H and O–H groups in total.